The highest BCUT2D eigenvalue weighted by molar-refractivity contribution is 6.08. The van der Waals surface area contributed by atoms with E-state index in [9.17, 15) is 4.79 Å². The molecule has 28 heavy (non-hydrogen) atoms. The predicted molar refractivity (Wildman–Crippen MR) is 110 cm³/mol. The van der Waals surface area contributed by atoms with Gasteiger partial charge in [0.25, 0.3) is 5.56 Å². The van der Waals surface area contributed by atoms with Gasteiger partial charge in [-0.05, 0) is 31.5 Å². The molecule has 0 aliphatic carbocycles. The number of hydrogen-bond acceptors (Lipinski definition) is 4. The van der Waals surface area contributed by atoms with Crippen LogP contribution in [0.25, 0.3) is 38.9 Å². The number of aryl methyl sites for hydroxylation is 2. The summed E-state index contributed by atoms with van der Waals surface area (Å²) >= 11 is 0. The monoisotopic (exact) mass is 367 g/mol. The first-order chi connectivity index (χ1) is 13.6. The number of pyridine rings is 1. The number of aromatic amines is 1. The van der Waals surface area contributed by atoms with E-state index in [1.807, 2.05) is 73.1 Å². The SMILES string of the molecule is Cc1ccc(-c2c3c(C)nn(-c4ccccc4)c3nc3nc[nH]c(=O)c23)cc1. The van der Waals surface area contributed by atoms with Crippen LogP contribution in [0.15, 0.2) is 65.7 Å². The fraction of sp³-hybridized carbons (Fsp3) is 0.0909. The van der Waals surface area contributed by atoms with Crippen molar-refractivity contribution in [2.24, 2.45) is 0 Å². The van der Waals surface area contributed by atoms with Gasteiger partial charge >= 0.3 is 0 Å². The molecule has 6 nitrogen and oxygen atoms in total. The topological polar surface area (TPSA) is 76.5 Å². The Morgan fingerprint density at radius 2 is 1.68 bits per heavy atom. The number of hydrogen-bond donors (Lipinski definition) is 1. The highest BCUT2D eigenvalue weighted by Gasteiger charge is 2.21. The average Bonchev–Trinajstić information content (AvgIpc) is 3.04. The molecular formula is C22H17N5O. The minimum absolute atomic E-state index is 0.207. The largest absolute Gasteiger partial charge is 0.312 e. The van der Waals surface area contributed by atoms with Gasteiger partial charge in [0.2, 0.25) is 0 Å². The molecule has 0 amide bonds. The van der Waals surface area contributed by atoms with Crippen molar-refractivity contribution in [1.29, 1.82) is 0 Å². The zero-order valence-electron chi connectivity index (χ0n) is 15.5. The number of nitrogens with zero attached hydrogens (tertiary/aromatic N) is 4. The molecule has 0 saturated carbocycles. The number of fused-ring (bicyclic) bond motifs is 2. The normalized spacial score (nSPS) is 11.4. The summed E-state index contributed by atoms with van der Waals surface area (Å²) < 4.78 is 1.81. The molecule has 0 aliphatic heterocycles. The van der Waals surface area contributed by atoms with E-state index in [2.05, 4.69) is 9.97 Å². The van der Waals surface area contributed by atoms with Crippen LogP contribution >= 0.6 is 0 Å². The van der Waals surface area contributed by atoms with Crippen LogP contribution in [0, 0.1) is 13.8 Å². The van der Waals surface area contributed by atoms with Gasteiger partial charge in [0, 0.05) is 5.56 Å². The van der Waals surface area contributed by atoms with Crippen LogP contribution in [0.5, 0.6) is 0 Å². The number of nitrogens with one attached hydrogen (secondary N) is 1. The summed E-state index contributed by atoms with van der Waals surface area (Å²) in [5, 5.41) is 6.07. The summed E-state index contributed by atoms with van der Waals surface area (Å²) in [4.78, 5) is 24.4. The molecule has 136 valence electrons. The van der Waals surface area contributed by atoms with Crippen molar-refractivity contribution in [3.05, 3.63) is 82.5 Å². The highest BCUT2D eigenvalue weighted by Crippen LogP contribution is 2.35. The maximum absolute atomic E-state index is 12.7. The Balaban J connectivity index is 1.99. The minimum Gasteiger partial charge on any atom is -0.312 e. The Kier molecular flexibility index (Phi) is 3.58. The summed E-state index contributed by atoms with van der Waals surface area (Å²) in [5.41, 5.74) is 5.52. The second-order valence-corrected chi connectivity index (χ2v) is 6.81. The molecule has 0 aliphatic rings. The van der Waals surface area contributed by atoms with Gasteiger partial charge in [-0.1, -0.05) is 48.0 Å². The third-order valence-corrected chi connectivity index (χ3v) is 4.92. The molecule has 3 aromatic heterocycles. The molecule has 0 radical (unpaired) electrons. The molecule has 3 heterocycles. The fourth-order valence-corrected chi connectivity index (χ4v) is 3.59. The summed E-state index contributed by atoms with van der Waals surface area (Å²) in [6, 6.07) is 18.0. The maximum Gasteiger partial charge on any atom is 0.260 e. The van der Waals surface area contributed by atoms with Crippen molar-refractivity contribution in [2.45, 2.75) is 13.8 Å². The minimum atomic E-state index is -0.207. The van der Waals surface area contributed by atoms with Crippen LogP contribution < -0.4 is 5.56 Å². The number of H-pyrrole nitrogens is 1. The molecule has 6 heteroatoms. The van der Waals surface area contributed by atoms with Crippen molar-refractivity contribution in [3.63, 3.8) is 0 Å². The zero-order valence-corrected chi connectivity index (χ0v) is 15.5. The summed E-state index contributed by atoms with van der Waals surface area (Å²) in [7, 11) is 0. The second kappa shape index (κ2) is 6.13. The molecule has 0 fully saturated rings. The molecule has 5 aromatic rings. The van der Waals surface area contributed by atoms with Gasteiger partial charge in [0.1, 0.15) is 0 Å². The van der Waals surface area contributed by atoms with Gasteiger partial charge in [0.05, 0.1) is 28.5 Å². The quantitative estimate of drug-likeness (QED) is 0.513. The molecule has 5 rings (SSSR count). The molecule has 2 aromatic carbocycles. The van der Waals surface area contributed by atoms with Crippen LogP contribution in [0.2, 0.25) is 0 Å². The molecule has 0 atom stereocenters. The lowest BCUT2D eigenvalue weighted by molar-refractivity contribution is 0.878. The Labute approximate surface area is 160 Å². The van der Waals surface area contributed by atoms with E-state index in [4.69, 9.17) is 10.1 Å². The number of aromatic nitrogens is 5. The third-order valence-electron chi connectivity index (χ3n) is 4.92. The Bertz CT molecular complexity index is 1380. The van der Waals surface area contributed by atoms with E-state index in [1.54, 1.807) is 0 Å². The molecule has 0 saturated heterocycles. The van der Waals surface area contributed by atoms with Gasteiger partial charge in [0.15, 0.2) is 11.3 Å². The third kappa shape index (κ3) is 2.42. The number of rotatable bonds is 2. The van der Waals surface area contributed by atoms with Gasteiger partial charge in [-0.3, -0.25) is 4.79 Å². The Morgan fingerprint density at radius 3 is 2.43 bits per heavy atom. The van der Waals surface area contributed by atoms with Crippen molar-refractivity contribution in [1.82, 2.24) is 24.7 Å². The lowest BCUT2D eigenvalue weighted by atomic mass is 9.98. The molecule has 0 spiro atoms. The van der Waals surface area contributed by atoms with Crippen molar-refractivity contribution < 1.29 is 0 Å². The summed E-state index contributed by atoms with van der Waals surface area (Å²) in [6.45, 7) is 3.98. The van der Waals surface area contributed by atoms with E-state index in [1.165, 1.54) is 6.33 Å². The first-order valence-electron chi connectivity index (χ1n) is 9.02. The standard InChI is InChI=1S/C22H17N5O/c1-13-8-10-15(11-9-13)18-17-14(2)26-27(16-6-4-3-5-7-16)21(17)25-20-19(18)22(28)24-12-23-20/h3-12H,1-2H3,(H,23,24,25,28). The van der Waals surface area contributed by atoms with E-state index in [0.29, 0.717) is 16.7 Å². The molecule has 0 bridgehead atoms. The van der Waals surface area contributed by atoms with Crippen LogP contribution in [-0.4, -0.2) is 24.7 Å². The average molecular weight is 367 g/mol. The lowest BCUT2D eigenvalue weighted by Crippen LogP contribution is -2.09. The summed E-state index contributed by atoms with van der Waals surface area (Å²) in [6.07, 6.45) is 1.39. The van der Waals surface area contributed by atoms with Gasteiger partial charge in [-0.25, -0.2) is 14.6 Å². The van der Waals surface area contributed by atoms with Crippen molar-refractivity contribution in [3.8, 4) is 16.8 Å². The lowest BCUT2D eigenvalue weighted by Gasteiger charge is -2.09. The fourth-order valence-electron chi connectivity index (χ4n) is 3.59. The molecule has 0 unspecified atom stereocenters. The van der Waals surface area contributed by atoms with Crippen LogP contribution in [0.4, 0.5) is 0 Å². The Hall–Kier alpha value is -3.80. The van der Waals surface area contributed by atoms with Crippen LogP contribution in [-0.2, 0) is 0 Å². The Morgan fingerprint density at radius 1 is 0.929 bits per heavy atom. The predicted octanol–water partition coefficient (Wildman–Crippen LogP) is 3.94. The zero-order chi connectivity index (χ0) is 19.3. The number of para-hydroxylation sites is 1. The molecule has 1 N–H and O–H groups in total. The smallest absolute Gasteiger partial charge is 0.260 e. The van der Waals surface area contributed by atoms with E-state index in [-0.39, 0.29) is 5.56 Å². The second-order valence-electron chi connectivity index (χ2n) is 6.81. The highest BCUT2D eigenvalue weighted by atomic mass is 16.1. The van der Waals surface area contributed by atoms with E-state index < -0.39 is 0 Å². The van der Waals surface area contributed by atoms with E-state index in [0.717, 1.165) is 33.5 Å². The van der Waals surface area contributed by atoms with E-state index >= 15 is 0 Å². The van der Waals surface area contributed by atoms with Crippen LogP contribution in [0.1, 0.15) is 11.3 Å². The van der Waals surface area contributed by atoms with Crippen LogP contribution in [0.3, 0.4) is 0 Å². The van der Waals surface area contributed by atoms with Crippen molar-refractivity contribution >= 4 is 22.1 Å². The van der Waals surface area contributed by atoms with Gasteiger partial charge in [-0.2, -0.15) is 5.10 Å². The van der Waals surface area contributed by atoms with Gasteiger partial charge < -0.3 is 4.98 Å². The molecular weight excluding hydrogens is 350 g/mol. The number of benzene rings is 2. The first kappa shape index (κ1) is 16.4. The van der Waals surface area contributed by atoms with Crippen molar-refractivity contribution in [2.75, 3.05) is 0 Å². The van der Waals surface area contributed by atoms with Gasteiger partial charge in [-0.15, -0.1) is 0 Å². The first-order valence-corrected chi connectivity index (χ1v) is 9.02. The maximum atomic E-state index is 12.7. The summed E-state index contributed by atoms with van der Waals surface area (Å²) in [5.74, 6) is 0.